The summed E-state index contributed by atoms with van der Waals surface area (Å²) < 4.78 is 11.2. The van der Waals surface area contributed by atoms with E-state index >= 15 is 0 Å². The zero-order chi connectivity index (χ0) is 16.9. The van der Waals surface area contributed by atoms with Crippen LogP contribution in [0.2, 0.25) is 0 Å². The second kappa shape index (κ2) is 5.86. The molecule has 0 radical (unpaired) electrons. The predicted octanol–water partition coefficient (Wildman–Crippen LogP) is 4.43. The lowest BCUT2D eigenvalue weighted by atomic mass is 9.49. The van der Waals surface area contributed by atoms with E-state index in [1.165, 1.54) is 44.1 Å². The molecule has 1 heterocycles. The summed E-state index contributed by atoms with van der Waals surface area (Å²) in [6.07, 6.45) is 10.3. The molecule has 2 aromatic rings. The molecular formula is C21H26N2O2. The minimum absolute atomic E-state index is 0.457. The first kappa shape index (κ1) is 15.4. The lowest BCUT2D eigenvalue weighted by Gasteiger charge is -2.56. The third-order valence-electron chi connectivity index (χ3n) is 6.71. The van der Waals surface area contributed by atoms with Crippen molar-refractivity contribution in [2.45, 2.75) is 51.4 Å². The fraction of sp³-hybridized carbons (Fsp3) is 0.619. The highest BCUT2D eigenvalue weighted by molar-refractivity contribution is 5.28. The summed E-state index contributed by atoms with van der Waals surface area (Å²) in [6.45, 7) is 0. The van der Waals surface area contributed by atoms with Crippen molar-refractivity contribution >= 4 is 0 Å². The minimum Gasteiger partial charge on any atom is -0.497 e. The quantitative estimate of drug-likeness (QED) is 0.809. The van der Waals surface area contributed by atoms with E-state index < -0.39 is 0 Å². The lowest BCUT2D eigenvalue weighted by Crippen LogP contribution is -2.47. The van der Waals surface area contributed by atoms with Gasteiger partial charge in [-0.05, 0) is 79.4 Å². The summed E-state index contributed by atoms with van der Waals surface area (Å²) in [4.78, 5) is 0. The Morgan fingerprint density at radius 1 is 0.960 bits per heavy atom. The zero-order valence-corrected chi connectivity index (χ0v) is 14.9. The van der Waals surface area contributed by atoms with Crippen molar-refractivity contribution in [3.8, 4) is 5.75 Å². The van der Waals surface area contributed by atoms with Crippen LogP contribution in [-0.4, -0.2) is 17.3 Å². The van der Waals surface area contributed by atoms with Crippen molar-refractivity contribution in [2.75, 3.05) is 7.11 Å². The predicted molar refractivity (Wildman–Crippen MR) is 94.4 cm³/mol. The topological polar surface area (TPSA) is 48.2 Å². The number of methoxy groups -OCH3 is 1. The minimum atomic E-state index is 0.457. The van der Waals surface area contributed by atoms with Gasteiger partial charge in [-0.1, -0.05) is 12.1 Å². The monoisotopic (exact) mass is 338 g/mol. The van der Waals surface area contributed by atoms with Gasteiger partial charge in [-0.3, -0.25) is 0 Å². The highest BCUT2D eigenvalue weighted by Crippen LogP contribution is 2.60. The van der Waals surface area contributed by atoms with Crippen molar-refractivity contribution < 1.29 is 9.15 Å². The molecule has 0 amide bonds. The van der Waals surface area contributed by atoms with Crippen LogP contribution in [0.25, 0.3) is 0 Å². The van der Waals surface area contributed by atoms with Gasteiger partial charge in [-0.2, -0.15) is 0 Å². The number of hydrogen-bond donors (Lipinski definition) is 0. The second-order valence-electron chi connectivity index (χ2n) is 8.71. The molecule has 0 unspecified atom stereocenters. The molecule has 1 aromatic carbocycles. The van der Waals surface area contributed by atoms with Gasteiger partial charge in [0, 0.05) is 6.42 Å². The molecule has 0 N–H and O–H groups in total. The van der Waals surface area contributed by atoms with Gasteiger partial charge in [0.1, 0.15) is 5.75 Å². The molecule has 4 aliphatic rings. The second-order valence-corrected chi connectivity index (χ2v) is 8.71. The maximum absolute atomic E-state index is 6.03. The molecule has 1 aromatic heterocycles. The maximum Gasteiger partial charge on any atom is 0.220 e. The van der Waals surface area contributed by atoms with Crippen molar-refractivity contribution in [2.24, 2.45) is 23.2 Å². The zero-order valence-electron chi connectivity index (χ0n) is 14.9. The Bertz CT molecular complexity index is 714. The van der Waals surface area contributed by atoms with Gasteiger partial charge in [0.15, 0.2) is 0 Å². The number of rotatable bonds is 5. The summed E-state index contributed by atoms with van der Waals surface area (Å²) in [6, 6.07) is 8.06. The summed E-state index contributed by atoms with van der Waals surface area (Å²) in [7, 11) is 1.68. The van der Waals surface area contributed by atoms with Gasteiger partial charge in [0.25, 0.3) is 0 Å². The van der Waals surface area contributed by atoms with E-state index in [1.807, 2.05) is 12.1 Å². The Kier molecular flexibility index (Phi) is 3.61. The van der Waals surface area contributed by atoms with Crippen LogP contribution in [0.3, 0.4) is 0 Å². The fourth-order valence-electron chi connectivity index (χ4n) is 6.18. The Balaban J connectivity index is 1.28. The number of hydrogen-bond acceptors (Lipinski definition) is 4. The van der Waals surface area contributed by atoms with Gasteiger partial charge in [0.2, 0.25) is 11.8 Å². The Labute approximate surface area is 149 Å². The van der Waals surface area contributed by atoms with E-state index in [-0.39, 0.29) is 0 Å². The molecule has 0 atom stereocenters. The number of ether oxygens (including phenoxy) is 1. The Hall–Kier alpha value is -1.84. The SMILES string of the molecule is COc1ccc(Cc2nnc(CC34CC5CC(CC(C5)C3)C4)o2)cc1. The third kappa shape index (κ3) is 2.96. The first-order chi connectivity index (χ1) is 12.2. The summed E-state index contributed by atoms with van der Waals surface area (Å²) in [5, 5.41) is 8.69. The molecule has 25 heavy (non-hydrogen) atoms. The van der Waals surface area contributed by atoms with E-state index in [1.54, 1.807) is 7.11 Å². The molecule has 0 saturated heterocycles. The molecule has 4 bridgehead atoms. The Morgan fingerprint density at radius 2 is 1.56 bits per heavy atom. The smallest absolute Gasteiger partial charge is 0.220 e. The molecule has 6 rings (SSSR count). The molecule has 4 heteroatoms. The summed E-state index contributed by atoms with van der Waals surface area (Å²) in [5.41, 5.74) is 1.63. The van der Waals surface area contributed by atoms with Crippen LogP contribution in [0.5, 0.6) is 5.75 Å². The number of nitrogens with zero attached hydrogens (tertiary/aromatic N) is 2. The van der Waals surface area contributed by atoms with Crippen molar-refractivity contribution in [3.63, 3.8) is 0 Å². The molecule has 4 saturated carbocycles. The molecule has 4 aliphatic carbocycles. The molecule has 132 valence electrons. The van der Waals surface area contributed by atoms with Crippen LogP contribution in [0.4, 0.5) is 0 Å². The first-order valence-electron chi connectivity index (χ1n) is 9.64. The van der Waals surface area contributed by atoms with Crippen LogP contribution in [0.15, 0.2) is 28.7 Å². The fourth-order valence-corrected chi connectivity index (χ4v) is 6.18. The average molecular weight is 338 g/mol. The summed E-state index contributed by atoms with van der Waals surface area (Å²) >= 11 is 0. The highest BCUT2D eigenvalue weighted by atomic mass is 16.5. The van der Waals surface area contributed by atoms with E-state index in [9.17, 15) is 0 Å². The van der Waals surface area contributed by atoms with Gasteiger partial charge in [-0.15, -0.1) is 10.2 Å². The number of benzene rings is 1. The molecule has 0 spiro atoms. The van der Waals surface area contributed by atoms with Crippen molar-refractivity contribution in [1.29, 1.82) is 0 Å². The average Bonchev–Trinajstić information content (AvgIpc) is 3.00. The maximum atomic E-state index is 6.03. The first-order valence-corrected chi connectivity index (χ1v) is 9.64. The summed E-state index contributed by atoms with van der Waals surface area (Å²) in [5.74, 6) is 5.35. The standard InChI is InChI=1S/C21H26N2O2/c1-24-18-4-2-14(3-5-18)9-19-22-23-20(25-19)13-21-10-15-6-16(11-21)8-17(7-15)12-21/h2-5,15-17H,6-13H2,1H3. The van der Waals surface area contributed by atoms with E-state index in [0.29, 0.717) is 11.8 Å². The van der Waals surface area contributed by atoms with Crippen molar-refractivity contribution in [1.82, 2.24) is 10.2 Å². The normalized spacial score (nSPS) is 32.9. The third-order valence-corrected chi connectivity index (χ3v) is 6.71. The van der Waals surface area contributed by atoms with Crippen molar-refractivity contribution in [3.05, 3.63) is 41.6 Å². The van der Waals surface area contributed by atoms with Gasteiger partial charge < -0.3 is 9.15 Å². The van der Waals surface area contributed by atoms with E-state index in [0.717, 1.165) is 41.7 Å². The van der Waals surface area contributed by atoms with E-state index in [4.69, 9.17) is 9.15 Å². The van der Waals surface area contributed by atoms with Crippen LogP contribution in [0, 0.1) is 23.2 Å². The molecular weight excluding hydrogens is 312 g/mol. The van der Waals surface area contributed by atoms with Crippen LogP contribution < -0.4 is 4.74 Å². The van der Waals surface area contributed by atoms with E-state index in [2.05, 4.69) is 22.3 Å². The molecule has 4 fully saturated rings. The van der Waals surface area contributed by atoms with Crippen LogP contribution in [-0.2, 0) is 12.8 Å². The largest absolute Gasteiger partial charge is 0.497 e. The van der Waals surface area contributed by atoms with Gasteiger partial charge in [0.05, 0.1) is 13.5 Å². The lowest BCUT2D eigenvalue weighted by molar-refractivity contribution is -0.0551. The highest BCUT2D eigenvalue weighted by Gasteiger charge is 2.51. The van der Waals surface area contributed by atoms with Crippen LogP contribution >= 0.6 is 0 Å². The molecule has 4 nitrogen and oxygen atoms in total. The number of aromatic nitrogens is 2. The Morgan fingerprint density at radius 3 is 2.16 bits per heavy atom. The van der Waals surface area contributed by atoms with Crippen LogP contribution in [0.1, 0.15) is 55.9 Å². The van der Waals surface area contributed by atoms with Gasteiger partial charge >= 0.3 is 0 Å². The van der Waals surface area contributed by atoms with Gasteiger partial charge in [-0.25, -0.2) is 0 Å². The molecule has 0 aliphatic heterocycles.